The molecule has 12 heteroatoms. The Labute approximate surface area is 335 Å². The fraction of sp³-hybridized carbons (Fsp3) is 0.795. The number of esters is 3. The summed E-state index contributed by atoms with van der Waals surface area (Å²) >= 11 is 0. The number of hydrogen-bond donors (Lipinski definition) is 3. The van der Waals surface area contributed by atoms with Gasteiger partial charge in [-0.05, 0) is 76.0 Å². The minimum Gasteiger partial charge on any atom is -0.481 e. The molecule has 0 aromatic heterocycles. The van der Waals surface area contributed by atoms with Crippen molar-refractivity contribution in [1.82, 2.24) is 0 Å². The molecule has 320 valence electrons. The van der Waals surface area contributed by atoms with Crippen LogP contribution in [0.15, 0.2) is 24.3 Å². The largest absolute Gasteiger partial charge is 0.481 e. The number of cyclic esters (lactones) is 3. The van der Waals surface area contributed by atoms with Gasteiger partial charge in [-0.1, -0.05) is 115 Å². The summed E-state index contributed by atoms with van der Waals surface area (Å²) in [6, 6.07) is 0. The van der Waals surface area contributed by atoms with Gasteiger partial charge in [0.25, 0.3) is 0 Å². The minimum atomic E-state index is -1.19. The molecule has 0 aromatic rings. The van der Waals surface area contributed by atoms with Crippen LogP contribution < -0.4 is 0 Å². The number of rotatable bonds is 35. The van der Waals surface area contributed by atoms with Gasteiger partial charge >= 0.3 is 29.8 Å². The highest BCUT2D eigenvalue weighted by Crippen LogP contribution is 2.36. The maximum absolute atomic E-state index is 12.8. The summed E-state index contributed by atoms with van der Waals surface area (Å²) in [7, 11) is 0. The number of ether oxygens (including phenoxy) is 2. The van der Waals surface area contributed by atoms with E-state index in [0.717, 1.165) is 109 Å². The van der Waals surface area contributed by atoms with Crippen molar-refractivity contribution in [3.05, 3.63) is 24.3 Å². The Kier molecular flexibility index (Phi) is 26.3. The van der Waals surface area contributed by atoms with E-state index in [-0.39, 0.29) is 43.4 Å². The van der Waals surface area contributed by atoms with E-state index in [0.29, 0.717) is 32.1 Å². The quantitative estimate of drug-likeness (QED) is 0.0138. The van der Waals surface area contributed by atoms with Crippen molar-refractivity contribution in [2.24, 2.45) is 23.7 Å². The van der Waals surface area contributed by atoms with Gasteiger partial charge in [0.1, 0.15) is 12.2 Å². The van der Waals surface area contributed by atoms with Crippen LogP contribution in [0.2, 0.25) is 0 Å². The van der Waals surface area contributed by atoms with Crippen molar-refractivity contribution in [3.8, 4) is 0 Å². The molecule has 2 rings (SSSR count). The number of hydrogen-bond acceptors (Lipinski definition) is 10. The van der Waals surface area contributed by atoms with Crippen LogP contribution in [-0.2, 0) is 43.2 Å². The van der Waals surface area contributed by atoms with Gasteiger partial charge in [-0.3, -0.25) is 24.0 Å². The summed E-state index contributed by atoms with van der Waals surface area (Å²) in [5.74, 6) is -4.27. The lowest BCUT2D eigenvalue weighted by molar-refractivity contribution is -0.337. The van der Waals surface area contributed by atoms with Crippen LogP contribution in [0.5, 0.6) is 0 Å². The standard InChI is InChI=1S/C44H72O12/c1-3-5-7-11-19-25-35(29-33(37-31-41(49)53-43(37)51)23-17-13-9-15-21-27-39(45)46)55-56-36(26-20-12-8-6-4-2)30-34(38-32-42(50)54-44(38)52)24-18-14-10-16-22-28-40(47)48/h19-20,25-26,33-38,43,51H,3-18,21-24,27-32H2,1-2H3,(H,45,46)(H,47,48)/b25-19+,26-20+. The van der Waals surface area contributed by atoms with Crippen LogP contribution in [0, 0.1) is 23.7 Å². The minimum absolute atomic E-state index is 0.0325. The Morgan fingerprint density at radius 3 is 1.59 bits per heavy atom. The SMILES string of the molecule is CCCCC/C=C/C(CC(CCCCCCCC(=O)O)C1CC(=O)OC1=O)OOC(/C=C/CCCCC)CC(CCCCCCCC(=O)O)C1CC(=O)OC1O. The van der Waals surface area contributed by atoms with Crippen LogP contribution in [0.1, 0.15) is 181 Å². The second-order valence-electron chi connectivity index (χ2n) is 15.9. The highest BCUT2D eigenvalue weighted by atomic mass is 17.2. The van der Waals surface area contributed by atoms with Gasteiger partial charge < -0.3 is 24.8 Å². The zero-order valence-electron chi connectivity index (χ0n) is 34.3. The molecule has 0 spiro atoms. The Balaban J connectivity index is 2.24. The van der Waals surface area contributed by atoms with Crippen molar-refractivity contribution >= 4 is 29.8 Å². The second-order valence-corrected chi connectivity index (χ2v) is 15.9. The molecular formula is C44H72O12. The maximum atomic E-state index is 12.8. The van der Waals surface area contributed by atoms with Gasteiger partial charge in [-0.2, -0.15) is 0 Å². The molecule has 2 aliphatic rings. The molecule has 0 aliphatic carbocycles. The van der Waals surface area contributed by atoms with Gasteiger partial charge in [0.05, 0.1) is 18.8 Å². The summed E-state index contributed by atoms with van der Waals surface area (Å²) in [6.07, 6.45) is 25.2. The van der Waals surface area contributed by atoms with E-state index in [9.17, 15) is 29.1 Å². The van der Waals surface area contributed by atoms with E-state index in [4.69, 9.17) is 29.5 Å². The van der Waals surface area contributed by atoms with E-state index in [1.54, 1.807) is 0 Å². The molecule has 3 N–H and O–H groups in total. The van der Waals surface area contributed by atoms with E-state index in [1.165, 1.54) is 0 Å². The van der Waals surface area contributed by atoms with Gasteiger partial charge in [0, 0.05) is 18.8 Å². The Hall–Kier alpha value is -3.09. The normalized spacial score (nSPS) is 20.8. The van der Waals surface area contributed by atoms with Crippen molar-refractivity contribution in [1.29, 1.82) is 0 Å². The zero-order valence-corrected chi connectivity index (χ0v) is 34.3. The van der Waals surface area contributed by atoms with Crippen molar-refractivity contribution in [2.75, 3.05) is 0 Å². The first-order valence-electron chi connectivity index (χ1n) is 21.7. The fourth-order valence-electron chi connectivity index (χ4n) is 7.79. The molecule has 12 nitrogen and oxygen atoms in total. The fourth-order valence-corrected chi connectivity index (χ4v) is 7.79. The first-order chi connectivity index (χ1) is 27.0. The first-order valence-corrected chi connectivity index (χ1v) is 21.7. The molecule has 56 heavy (non-hydrogen) atoms. The highest BCUT2D eigenvalue weighted by Gasteiger charge is 2.41. The zero-order chi connectivity index (χ0) is 41.0. The topological polar surface area (TPSA) is 183 Å². The Morgan fingerprint density at radius 1 is 0.661 bits per heavy atom. The molecule has 7 unspecified atom stereocenters. The third-order valence-electron chi connectivity index (χ3n) is 11.1. The summed E-state index contributed by atoms with van der Waals surface area (Å²) in [6.45, 7) is 4.31. The number of aliphatic hydroxyl groups excluding tert-OH is 1. The highest BCUT2D eigenvalue weighted by molar-refractivity contribution is 5.94. The van der Waals surface area contributed by atoms with Crippen LogP contribution >= 0.6 is 0 Å². The lowest BCUT2D eigenvalue weighted by Gasteiger charge is -2.28. The van der Waals surface area contributed by atoms with Gasteiger partial charge in [0.15, 0.2) is 0 Å². The van der Waals surface area contributed by atoms with Crippen LogP contribution in [-0.4, -0.2) is 63.7 Å². The predicted octanol–water partition coefficient (Wildman–Crippen LogP) is 9.56. The summed E-state index contributed by atoms with van der Waals surface area (Å²) in [5.41, 5.74) is 0. The maximum Gasteiger partial charge on any atom is 0.317 e. The van der Waals surface area contributed by atoms with E-state index in [2.05, 4.69) is 26.0 Å². The van der Waals surface area contributed by atoms with Crippen LogP contribution in [0.4, 0.5) is 0 Å². The Morgan fingerprint density at radius 2 is 1.14 bits per heavy atom. The predicted molar refractivity (Wildman–Crippen MR) is 212 cm³/mol. The number of carboxylic acids is 2. The van der Waals surface area contributed by atoms with Crippen LogP contribution in [0.3, 0.4) is 0 Å². The molecule has 2 heterocycles. The average Bonchev–Trinajstić information content (AvgIpc) is 3.68. The molecule has 0 radical (unpaired) electrons. The summed E-state index contributed by atoms with van der Waals surface area (Å²) in [4.78, 5) is 71.6. The van der Waals surface area contributed by atoms with Gasteiger partial charge in [-0.25, -0.2) is 9.78 Å². The number of aliphatic hydroxyl groups is 1. The van der Waals surface area contributed by atoms with E-state index >= 15 is 0 Å². The summed E-state index contributed by atoms with van der Waals surface area (Å²) < 4.78 is 10.1. The lowest BCUT2D eigenvalue weighted by Crippen LogP contribution is -2.29. The number of carbonyl (C=O) groups excluding carboxylic acids is 3. The second kappa shape index (κ2) is 30.1. The molecule has 0 aromatic carbocycles. The number of aliphatic carboxylic acids is 2. The third-order valence-corrected chi connectivity index (χ3v) is 11.1. The lowest BCUT2D eigenvalue weighted by atomic mass is 9.82. The van der Waals surface area contributed by atoms with Crippen LogP contribution in [0.25, 0.3) is 0 Å². The third kappa shape index (κ3) is 22.0. The number of allylic oxidation sites excluding steroid dienone is 2. The Bertz CT molecular complexity index is 1200. The van der Waals surface area contributed by atoms with Gasteiger partial charge in [-0.15, -0.1) is 0 Å². The molecule has 7 atom stereocenters. The molecule has 0 saturated carbocycles. The van der Waals surface area contributed by atoms with Crippen molar-refractivity contribution in [3.63, 3.8) is 0 Å². The smallest absolute Gasteiger partial charge is 0.317 e. The average molecular weight is 793 g/mol. The summed E-state index contributed by atoms with van der Waals surface area (Å²) in [5, 5.41) is 28.6. The van der Waals surface area contributed by atoms with E-state index < -0.39 is 54.3 Å². The van der Waals surface area contributed by atoms with E-state index in [1.807, 2.05) is 12.2 Å². The molecule has 2 aliphatic heterocycles. The number of carbonyl (C=O) groups is 5. The van der Waals surface area contributed by atoms with Gasteiger partial charge in [0.2, 0.25) is 6.29 Å². The monoisotopic (exact) mass is 793 g/mol. The molecule has 0 bridgehead atoms. The molecular weight excluding hydrogens is 720 g/mol. The molecule has 0 amide bonds. The van der Waals surface area contributed by atoms with Crippen molar-refractivity contribution < 1.29 is 58.5 Å². The molecule has 2 fully saturated rings. The molecule has 2 saturated heterocycles. The number of carboxylic acid groups (broad SMARTS) is 2. The first kappa shape index (κ1) is 49.1. The van der Waals surface area contributed by atoms with Crippen molar-refractivity contribution in [2.45, 2.75) is 199 Å². The number of unbranched alkanes of at least 4 members (excludes halogenated alkanes) is 14.